The monoisotopic (exact) mass is 431 g/mol. The van der Waals surface area contributed by atoms with Crippen molar-refractivity contribution in [2.45, 2.75) is 58.0 Å². The van der Waals surface area contributed by atoms with Gasteiger partial charge in [0.1, 0.15) is 0 Å². The maximum absolute atomic E-state index is 5.90. The summed E-state index contributed by atoms with van der Waals surface area (Å²) in [6.07, 6.45) is 4.79. The molecule has 1 aliphatic carbocycles. The van der Waals surface area contributed by atoms with Gasteiger partial charge < -0.3 is 9.47 Å². The van der Waals surface area contributed by atoms with E-state index in [0.29, 0.717) is 30.9 Å². The van der Waals surface area contributed by atoms with Crippen LogP contribution in [0.2, 0.25) is 0 Å². The Morgan fingerprint density at radius 3 is 2.50 bits per heavy atom. The lowest BCUT2D eigenvalue weighted by molar-refractivity contribution is 0.308. The average Bonchev–Trinajstić information content (AvgIpc) is 3.33. The summed E-state index contributed by atoms with van der Waals surface area (Å²) in [5, 5.41) is 12.6. The van der Waals surface area contributed by atoms with Gasteiger partial charge in [-0.2, -0.15) is 4.80 Å². The molecule has 1 fully saturated rings. The fourth-order valence-electron chi connectivity index (χ4n) is 4.88. The second kappa shape index (κ2) is 8.73. The molecular formula is C25H29N5O2. The molecule has 2 aromatic carbocycles. The molecule has 1 aromatic heterocycles. The molecule has 0 saturated heterocycles. The Morgan fingerprint density at radius 2 is 1.78 bits per heavy atom. The summed E-state index contributed by atoms with van der Waals surface area (Å²) in [5.41, 5.74) is 5.55. The molecule has 7 nitrogen and oxygen atoms in total. The van der Waals surface area contributed by atoms with E-state index < -0.39 is 0 Å². The van der Waals surface area contributed by atoms with Crippen molar-refractivity contribution in [1.82, 2.24) is 20.2 Å². The van der Waals surface area contributed by atoms with Crippen molar-refractivity contribution < 1.29 is 9.47 Å². The van der Waals surface area contributed by atoms with Crippen molar-refractivity contribution >= 4 is 5.71 Å². The zero-order valence-corrected chi connectivity index (χ0v) is 18.9. The van der Waals surface area contributed by atoms with E-state index in [-0.39, 0.29) is 0 Å². The van der Waals surface area contributed by atoms with Gasteiger partial charge in [-0.1, -0.05) is 37.1 Å². The summed E-state index contributed by atoms with van der Waals surface area (Å²) >= 11 is 0. The van der Waals surface area contributed by atoms with Crippen LogP contribution in [0.5, 0.6) is 11.5 Å². The number of tetrazole rings is 1. The van der Waals surface area contributed by atoms with Crippen molar-refractivity contribution in [1.29, 1.82) is 0 Å². The molecule has 0 spiro atoms. The Balaban J connectivity index is 1.57. The van der Waals surface area contributed by atoms with E-state index in [1.807, 2.05) is 26.0 Å². The number of aromatic nitrogens is 4. The van der Waals surface area contributed by atoms with Crippen LogP contribution >= 0.6 is 0 Å². The van der Waals surface area contributed by atoms with Crippen molar-refractivity contribution in [2.75, 3.05) is 13.7 Å². The SMILES string of the molecule is CCOc1cc2c(cc1OC)C(c1ccc(-c3nnn(CC)n3)cc1)=N[C@@H]1CCCC[C@H]21. The van der Waals surface area contributed by atoms with Crippen LogP contribution in [0.3, 0.4) is 0 Å². The van der Waals surface area contributed by atoms with Gasteiger partial charge in [0.25, 0.3) is 0 Å². The molecule has 32 heavy (non-hydrogen) atoms. The average molecular weight is 432 g/mol. The van der Waals surface area contributed by atoms with Crippen LogP contribution in [-0.2, 0) is 6.54 Å². The summed E-state index contributed by atoms with van der Waals surface area (Å²) in [6, 6.07) is 12.9. The Labute approximate surface area is 188 Å². The van der Waals surface area contributed by atoms with Crippen molar-refractivity contribution in [3.05, 3.63) is 53.1 Å². The lowest BCUT2D eigenvalue weighted by Crippen LogP contribution is -2.29. The van der Waals surface area contributed by atoms with E-state index in [2.05, 4.69) is 39.7 Å². The Morgan fingerprint density at radius 1 is 1.00 bits per heavy atom. The number of fused-ring (bicyclic) bond motifs is 3. The van der Waals surface area contributed by atoms with Crippen LogP contribution in [0.4, 0.5) is 0 Å². The van der Waals surface area contributed by atoms with Crippen LogP contribution in [0, 0.1) is 0 Å². The first-order valence-electron chi connectivity index (χ1n) is 11.5. The van der Waals surface area contributed by atoms with E-state index in [0.717, 1.165) is 40.3 Å². The molecule has 2 heterocycles. The lowest BCUT2D eigenvalue weighted by Gasteiger charge is -2.36. The second-order valence-electron chi connectivity index (χ2n) is 8.34. The van der Waals surface area contributed by atoms with Gasteiger partial charge in [0, 0.05) is 22.6 Å². The number of methoxy groups -OCH3 is 1. The first-order chi connectivity index (χ1) is 15.7. The maximum Gasteiger partial charge on any atom is 0.204 e. The normalized spacial score (nSPS) is 19.7. The van der Waals surface area contributed by atoms with Gasteiger partial charge in [0.15, 0.2) is 11.5 Å². The molecule has 5 rings (SSSR count). The molecule has 2 atom stereocenters. The molecular weight excluding hydrogens is 402 g/mol. The number of nitrogens with zero attached hydrogens (tertiary/aromatic N) is 5. The van der Waals surface area contributed by atoms with E-state index in [9.17, 15) is 0 Å². The minimum absolute atomic E-state index is 0.319. The van der Waals surface area contributed by atoms with Gasteiger partial charge >= 0.3 is 0 Å². The van der Waals surface area contributed by atoms with Crippen LogP contribution in [-0.4, -0.2) is 45.7 Å². The zero-order chi connectivity index (χ0) is 22.1. The molecule has 0 N–H and O–H groups in total. The van der Waals surface area contributed by atoms with E-state index in [1.165, 1.54) is 24.8 Å². The van der Waals surface area contributed by atoms with Crippen molar-refractivity contribution in [3.8, 4) is 22.9 Å². The largest absolute Gasteiger partial charge is 0.493 e. The predicted octanol–water partition coefficient (Wildman–Crippen LogP) is 4.64. The van der Waals surface area contributed by atoms with Gasteiger partial charge in [-0.05, 0) is 49.6 Å². The van der Waals surface area contributed by atoms with E-state index >= 15 is 0 Å². The second-order valence-corrected chi connectivity index (χ2v) is 8.34. The molecule has 3 aromatic rings. The number of hydrogen-bond acceptors (Lipinski definition) is 6. The molecule has 0 bridgehead atoms. The number of ether oxygens (including phenoxy) is 2. The summed E-state index contributed by atoms with van der Waals surface area (Å²) in [6.45, 7) is 5.32. The summed E-state index contributed by atoms with van der Waals surface area (Å²) in [7, 11) is 1.69. The maximum atomic E-state index is 5.90. The standard InChI is InChI=1S/C25H29N5O2/c1-4-30-28-25(27-29-30)17-12-10-16(11-13-17)24-20-15-22(31-3)23(32-5-2)14-19(20)18-8-6-7-9-21(18)26-24/h10-15,18,21H,4-9H2,1-3H3/t18-,21-/m1/s1. The highest BCUT2D eigenvalue weighted by Crippen LogP contribution is 2.44. The highest BCUT2D eigenvalue weighted by atomic mass is 16.5. The summed E-state index contributed by atoms with van der Waals surface area (Å²) < 4.78 is 11.6. The minimum atomic E-state index is 0.319. The lowest BCUT2D eigenvalue weighted by atomic mass is 9.75. The third kappa shape index (κ3) is 3.66. The topological polar surface area (TPSA) is 74.4 Å². The molecule has 1 saturated carbocycles. The van der Waals surface area contributed by atoms with Gasteiger partial charge in [-0.15, -0.1) is 10.2 Å². The van der Waals surface area contributed by atoms with Gasteiger partial charge in [-0.25, -0.2) is 0 Å². The van der Waals surface area contributed by atoms with E-state index in [4.69, 9.17) is 14.5 Å². The number of aliphatic imine (C=N–C) groups is 1. The molecule has 0 amide bonds. The van der Waals surface area contributed by atoms with Crippen molar-refractivity contribution in [3.63, 3.8) is 0 Å². The van der Waals surface area contributed by atoms with Gasteiger partial charge in [0.2, 0.25) is 5.82 Å². The Bertz CT molecular complexity index is 1140. The fraction of sp³-hybridized carbons (Fsp3) is 0.440. The molecule has 1 aliphatic heterocycles. The van der Waals surface area contributed by atoms with Crippen molar-refractivity contribution in [2.24, 2.45) is 4.99 Å². The number of hydrogen-bond donors (Lipinski definition) is 0. The molecule has 2 aliphatic rings. The number of aryl methyl sites for hydroxylation is 1. The summed E-state index contributed by atoms with van der Waals surface area (Å²) in [5.74, 6) is 2.66. The fourth-order valence-corrected chi connectivity index (χ4v) is 4.88. The zero-order valence-electron chi connectivity index (χ0n) is 18.9. The van der Waals surface area contributed by atoms with Crippen LogP contribution in [0.25, 0.3) is 11.4 Å². The minimum Gasteiger partial charge on any atom is -0.493 e. The first-order valence-corrected chi connectivity index (χ1v) is 11.5. The molecule has 166 valence electrons. The Kier molecular flexibility index (Phi) is 5.64. The number of benzene rings is 2. The summed E-state index contributed by atoms with van der Waals surface area (Å²) in [4.78, 5) is 6.85. The molecule has 7 heteroatoms. The van der Waals surface area contributed by atoms with Gasteiger partial charge in [0.05, 0.1) is 32.0 Å². The van der Waals surface area contributed by atoms with Crippen LogP contribution < -0.4 is 9.47 Å². The molecule has 0 unspecified atom stereocenters. The predicted molar refractivity (Wildman–Crippen MR) is 124 cm³/mol. The number of rotatable bonds is 6. The third-order valence-corrected chi connectivity index (χ3v) is 6.47. The highest BCUT2D eigenvalue weighted by Gasteiger charge is 2.34. The first kappa shape index (κ1) is 20.7. The smallest absolute Gasteiger partial charge is 0.204 e. The highest BCUT2D eigenvalue weighted by molar-refractivity contribution is 6.15. The third-order valence-electron chi connectivity index (χ3n) is 6.47. The molecule has 0 radical (unpaired) electrons. The Hall–Kier alpha value is -3.22. The van der Waals surface area contributed by atoms with Crippen LogP contribution in [0.1, 0.15) is 62.1 Å². The quantitative estimate of drug-likeness (QED) is 0.568. The van der Waals surface area contributed by atoms with Gasteiger partial charge in [-0.3, -0.25) is 4.99 Å². The van der Waals surface area contributed by atoms with E-state index in [1.54, 1.807) is 11.9 Å². The van der Waals surface area contributed by atoms with Crippen LogP contribution in [0.15, 0.2) is 41.4 Å².